The van der Waals surface area contributed by atoms with Crippen molar-refractivity contribution in [3.63, 3.8) is 0 Å². The number of anilines is 1. The summed E-state index contributed by atoms with van der Waals surface area (Å²) < 4.78 is 0. The molecule has 0 fully saturated rings. The van der Waals surface area contributed by atoms with Crippen LogP contribution >= 0.6 is 23.4 Å². The Morgan fingerprint density at radius 3 is 2.56 bits per heavy atom. The fourth-order valence-electron chi connectivity index (χ4n) is 1.71. The number of nitrogen functional groups attached to an aromatic ring is 1. The number of hydrogen-bond acceptors (Lipinski definition) is 2. The molecule has 2 rings (SSSR count). The van der Waals surface area contributed by atoms with Crippen molar-refractivity contribution < 1.29 is 0 Å². The third-order valence-electron chi connectivity index (χ3n) is 2.69. The zero-order chi connectivity index (χ0) is 12.8. The van der Waals surface area contributed by atoms with Gasteiger partial charge >= 0.3 is 0 Å². The van der Waals surface area contributed by atoms with E-state index in [9.17, 15) is 0 Å². The van der Waals surface area contributed by atoms with Gasteiger partial charge in [0.15, 0.2) is 0 Å². The fraction of sp³-hybridized carbons (Fsp3) is 0.200. The van der Waals surface area contributed by atoms with Crippen LogP contribution in [0, 0.1) is 0 Å². The monoisotopic (exact) mass is 277 g/mol. The molecule has 2 aromatic rings. The normalized spacial score (nSPS) is 10.5. The topological polar surface area (TPSA) is 26.0 Å². The second-order valence-corrected chi connectivity index (χ2v) is 5.70. The molecule has 94 valence electrons. The minimum Gasteiger partial charge on any atom is -0.398 e. The van der Waals surface area contributed by atoms with Crippen molar-refractivity contribution in [3.8, 4) is 0 Å². The van der Waals surface area contributed by atoms with Crippen LogP contribution in [-0.4, -0.2) is 5.75 Å². The molecular formula is C15H16ClNS. The van der Waals surface area contributed by atoms with E-state index >= 15 is 0 Å². The lowest BCUT2D eigenvalue weighted by molar-refractivity contribution is 0.933. The summed E-state index contributed by atoms with van der Waals surface area (Å²) in [5.41, 5.74) is 7.72. The van der Waals surface area contributed by atoms with Crippen LogP contribution in [0.1, 0.15) is 12.0 Å². The van der Waals surface area contributed by atoms with E-state index in [1.165, 1.54) is 10.5 Å². The van der Waals surface area contributed by atoms with Crippen molar-refractivity contribution in [3.05, 3.63) is 59.1 Å². The molecule has 0 aliphatic heterocycles. The first-order valence-electron chi connectivity index (χ1n) is 5.97. The maximum absolute atomic E-state index is 5.98. The number of rotatable bonds is 5. The zero-order valence-corrected chi connectivity index (χ0v) is 11.7. The molecule has 0 aliphatic rings. The molecule has 0 unspecified atom stereocenters. The lowest BCUT2D eigenvalue weighted by Crippen LogP contribution is -1.88. The summed E-state index contributed by atoms with van der Waals surface area (Å²) in [6.07, 6.45) is 2.28. The molecule has 0 saturated heterocycles. The van der Waals surface area contributed by atoms with Gasteiger partial charge in [0.05, 0.1) is 10.7 Å². The summed E-state index contributed by atoms with van der Waals surface area (Å²) in [7, 11) is 0. The van der Waals surface area contributed by atoms with Gasteiger partial charge in [0.2, 0.25) is 0 Å². The Kier molecular flexibility index (Phi) is 4.97. The van der Waals surface area contributed by atoms with E-state index in [2.05, 4.69) is 30.3 Å². The van der Waals surface area contributed by atoms with Crippen molar-refractivity contribution in [1.29, 1.82) is 0 Å². The predicted octanol–water partition coefficient (Wildman–Crippen LogP) is 4.65. The van der Waals surface area contributed by atoms with E-state index in [-0.39, 0.29) is 0 Å². The van der Waals surface area contributed by atoms with Crippen LogP contribution in [0.25, 0.3) is 0 Å². The molecule has 1 nitrogen and oxygen atoms in total. The van der Waals surface area contributed by atoms with Crippen molar-refractivity contribution in [1.82, 2.24) is 0 Å². The van der Waals surface area contributed by atoms with Crippen LogP contribution in [0.5, 0.6) is 0 Å². The molecule has 0 atom stereocenters. The molecule has 3 heteroatoms. The highest BCUT2D eigenvalue weighted by Gasteiger charge is 1.99. The Balaban J connectivity index is 1.77. The second kappa shape index (κ2) is 6.72. The maximum Gasteiger partial charge on any atom is 0.0646 e. The Bertz CT molecular complexity index is 499. The van der Waals surface area contributed by atoms with E-state index in [1.54, 1.807) is 0 Å². The predicted molar refractivity (Wildman–Crippen MR) is 81.4 cm³/mol. The molecule has 2 N–H and O–H groups in total. The average molecular weight is 278 g/mol. The Morgan fingerprint density at radius 1 is 1.06 bits per heavy atom. The number of thioether (sulfide) groups is 1. The van der Waals surface area contributed by atoms with E-state index < -0.39 is 0 Å². The highest BCUT2D eigenvalue weighted by molar-refractivity contribution is 7.99. The summed E-state index contributed by atoms with van der Waals surface area (Å²) in [5, 5.41) is 0.642. The van der Waals surface area contributed by atoms with Gasteiger partial charge in [-0.3, -0.25) is 0 Å². The van der Waals surface area contributed by atoms with Crippen molar-refractivity contribution in [2.75, 3.05) is 11.5 Å². The number of benzene rings is 2. The third-order valence-corrected chi connectivity index (χ3v) is 4.10. The molecule has 2 aromatic carbocycles. The molecular weight excluding hydrogens is 262 g/mol. The Morgan fingerprint density at radius 2 is 1.83 bits per heavy atom. The van der Waals surface area contributed by atoms with Gasteiger partial charge in [-0.15, -0.1) is 11.8 Å². The van der Waals surface area contributed by atoms with Crippen LogP contribution in [0.3, 0.4) is 0 Å². The van der Waals surface area contributed by atoms with E-state index in [0.717, 1.165) is 18.6 Å². The smallest absolute Gasteiger partial charge is 0.0646 e. The number of nitrogens with two attached hydrogens (primary N) is 1. The molecule has 0 radical (unpaired) electrons. The lowest BCUT2D eigenvalue weighted by Gasteiger charge is -2.04. The van der Waals surface area contributed by atoms with Crippen molar-refractivity contribution in [2.24, 2.45) is 0 Å². The van der Waals surface area contributed by atoms with Gasteiger partial charge in [-0.1, -0.05) is 41.9 Å². The van der Waals surface area contributed by atoms with E-state index in [0.29, 0.717) is 10.7 Å². The van der Waals surface area contributed by atoms with Crippen LogP contribution in [0.2, 0.25) is 5.02 Å². The summed E-state index contributed by atoms with van der Waals surface area (Å²) in [4.78, 5) is 1.18. The van der Waals surface area contributed by atoms with Gasteiger partial charge < -0.3 is 5.73 Å². The third kappa shape index (κ3) is 3.97. The van der Waals surface area contributed by atoms with Crippen molar-refractivity contribution in [2.45, 2.75) is 17.7 Å². The molecule has 0 spiro atoms. The van der Waals surface area contributed by atoms with Crippen LogP contribution in [0.4, 0.5) is 5.69 Å². The largest absolute Gasteiger partial charge is 0.398 e. The van der Waals surface area contributed by atoms with Crippen molar-refractivity contribution >= 4 is 29.1 Å². The van der Waals surface area contributed by atoms with Gasteiger partial charge in [-0.05, 0) is 42.4 Å². The fourth-order valence-corrected chi connectivity index (χ4v) is 2.84. The molecule has 0 heterocycles. The van der Waals surface area contributed by atoms with Crippen LogP contribution in [0.15, 0.2) is 53.4 Å². The molecule has 0 saturated carbocycles. The van der Waals surface area contributed by atoms with Crippen LogP contribution < -0.4 is 5.73 Å². The summed E-state index contributed by atoms with van der Waals surface area (Å²) in [5.74, 6) is 1.09. The minimum atomic E-state index is 0.642. The number of hydrogen-bond donors (Lipinski definition) is 1. The zero-order valence-electron chi connectivity index (χ0n) is 10.1. The van der Waals surface area contributed by atoms with Gasteiger partial charge in [0, 0.05) is 4.90 Å². The number of halogens is 1. The van der Waals surface area contributed by atoms with E-state index in [4.69, 9.17) is 17.3 Å². The first-order valence-corrected chi connectivity index (χ1v) is 7.34. The minimum absolute atomic E-state index is 0.642. The summed E-state index contributed by atoms with van der Waals surface area (Å²) >= 11 is 7.81. The second-order valence-electron chi connectivity index (χ2n) is 4.12. The SMILES string of the molecule is Nc1ccc(SCCCc2ccccc2)cc1Cl. The Hall–Kier alpha value is -1.12. The summed E-state index contributed by atoms with van der Waals surface area (Å²) in [6.45, 7) is 0. The standard InChI is InChI=1S/C15H16ClNS/c16-14-11-13(8-9-15(14)17)18-10-4-7-12-5-2-1-3-6-12/h1-3,5-6,8-9,11H,4,7,10,17H2. The van der Waals surface area contributed by atoms with Gasteiger partial charge in [0.1, 0.15) is 0 Å². The lowest BCUT2D eigenvalue weighted by atomic mass is 10.1. The van der Waals surface area contributed by atoms with Gasteiger partial charge in [0.25, 0.3) is 0 Å². The van der Waals surface area contributed by atoms with Gasteiger partial charge in [-0.25, -0.2) is 0 Å². The van der Waals surface area contributed by atoms with Crippen LogP contribution in [-0.2, 0) is 6.42 Å². The number of aryl methyl sites for hydroxylation is 1. The molecule has 0 amide bonds. The maximum atomic E-state index is 5.98. The summed E-state index contributed by atoms with van der Waals surface area (Å²) in [6, 6.07) is 16.4. The first kappa shape index (κ1) is 13.3. The quantitative estimate of drug-likeness (QED) is 0.489. The highest BCUT2D eigenvalue weighted by atomic mass is 35.5. The molecule has 0 bridgehead atoms. The molecule has 0 aromatic heterocycles. The Labute approximate surface area is 117 Å². The molecule has 0 aliphatic carbocycles. The first-order chi connectivity index (χ1) is 8.75. The van der Waals surface area contributed by atoms with E-state index in [1.807, 2.05) is 30.0 Å². The average Bonchev–Trinajstić information content (AvgIpc) is 2.40. The molecule has 18 heavy (non-hydrogen) atoms. The highest BCUT2D eigenvalue weighted by Crippen LogP contribution is 2.26. The van der Waals surface area contributed by atoms with Gasteiger partial charge in [-0.2, -0.15) is 0 Å².